The number of halogens is 3. The van der Waals surface area contributed by atoms with Crippen molar-refractivity contribution in [2.75, 3.05) is 44.2 Å². The van der Waals surface area contributed by atoms with Gasteiger partial charge in [-0.05, 0) is 36.8 Å². The Bertz CT molecular complexity index is 1090. The Balaban J connectivity index is 1.27. The summed E-state index contributed by atoms with van der Waals surface area (Å²) in [4.78, 5) is 13.9. The molecule has 4 rings (SSSR count). The van der Waals surface area contributed by atoms with Crippen molar-refractivity contribution in [2.24, 2.45) is 0 Å². The standard InChI is InChI=1S/C22H22F3N5OS/c23-22(24,25)13-18-12-19-20(27-15-28-21(19)32-18)30-9-7-29(8-10-30)6-1-11-31-17-4-2-16(14-26)3-5-17/h2-5,12,15H,1,6-11,13H2. The van der Waals surface area contributed by atoms with Crippen molar-refractivity contribution in [1.82, 2.24) is 14.9 Å². The number of piperazine rings is 1. The van der Waals surface area contributed by atoms with Crippen molar-refractivity contribution < 1.29 is 17.9 Å². The van der Waals surface area contributed by atoms with Crippen LogP contribution in [-0.2, 0) is 6.42 Å². The summed E-state index contributed by atoms with van der Waals surface area (Å²) in [7, 11) is 0. The molecule has 0 saturated carbocycles. The number of nitrogens with zero attached hydrogens (tertiary/aromatic N) is 5. The van der Waals surface area contributed by atoms with Crippen LogP contribution in [0.3, 0.4) is 0 Å². The smallest absolute Gasteiger partial charge is 0.393 e. The normalized spacial score (nSPS) is 15.1. The zero-order chi connectivity index (χ0) is 22.6. The molecule has 0 N–H and O–H groups in total. The molecule has 1 aliphatic heterocycles. The fourth-order valence-electron chi connectivity index (χ4n) is 3.72. The highest BCUT2D eigenvalue weighted by Gasteiger charge is 2.29. The zero-order valence-electron chi connectivity index (χ0n) is 17.3. The highest BCUT2D eigenvalue weighted by atomic mass is 32.1. The maximum atomic E-state index is 12.8. The molecule has 3 aromatic rings. The summed E-state index contributed by atoms with van der Waals surface area (Å²) in [5.74, 6) is 1.46. The predicted octanol–water partition coefficient (Wildman–Crippen LogP) is 4.26. The number of aromatic nitrogens is 2. The molecular weight excluding hydrogens is 439 g/mol. The zero-order valence-corrected chi connectivity index (χ0v) is 18.1. The molecule has 10 heteroatoms. The Morgan fingerprint density at radius 2 is 1.84 bits per heavy atom. The second-order valence-electron chi connectivity index (χ2n) is 7.59. The van der Waals surface area contributed by atoms with Gasteiger partial charge >= 0.3 is 6.18 Å². The van der Waals surface area contributed by atoms with E-state index in [-0.39, 0.29) is 4.88 Å². The molecule has 2 aromatic heterocycles. The summed E-state index contributed by atoms with van der Waals surface area (Å²) >= 11 is 1.08. The highest BCUT2D eigenvalue weighted by molar-refractivity contribution is 7.18. The van der Waals surface area contributed by atoms with Gasteiger partial charge < -0.3 is 9.64 Å². The van der Waals surface area contributed by atoms with Crippen molar-refractivity contribution in [3.63, 3.8) is 0 Å². The van der Waals surface area contributed by atoms with Crippen LogP contribution in [-0.4, -0.2) is 60.4 Å². The third kappa shape index (κ3) is 5.66. The molecule has 0 unspecified atom stereocenters. The van der Waals surface area contributed by atoms with E-state index in [9.17, 15) is 13.2 Å². The number of hydrogen-bond donors (Lipinski definition) is 0. The minimum absolute atomic E-state index is 0.259. The fourth-order valence-corrected chi connectivity index (χ4v) is 4.74. The van der Waals surface area contributed by atoms with E-state index >= 15 is 0 Å². The number of ether oxygens (including phenoxy) is 1. The van der Waals surface area contributed by atoms with E-state index in [1.165, 1.54) is 6.33 Å². The minimum atomic E-state index is -4.23. The van der Waals surface area contributed by atoms with Crippen molar-refractivity contribution >= 4 is 27.4 Å². The van der Waals surface area contributed by atoms with Crippen LogP contribution in [0.2, 0.25) is 0 Å². The van der Waals surface area contributed by atoms with Crippen LogP contribution in [0, 0.1) is 11.3 Å². The van der Waals surface area contributed by atoms with Gasteiger partial charge in [0.25, 0.3) is 0 Å². The number of alkyl halides is 3. The topological polar surface area (TPSA) is 65.3 Å². The third-order valence-corrected chi connectivity index (χ3v) is 6.32. The predicted molar refractivity (Wildman–Crippen MR) is 117 cm³/mol. The van der Waals surface area contributed by atoms with E-state index < -0.39 is 12.6 Å². The molecule has 1 saturated heterocycles. The maximum Gasteiger partial charge on any atom is 0.393 e. The van der Waals surface area contributed by atoms with Crippen LogP contribution in [0.5, 0.6) is 5.75 Å². The monoisotopic (exact) mass is 461 g/mol. The second-order valence-corrected chi connectivity index (χ2v) is 8.70. The molecule has 0 radical (unpaired) electrons. The van der Waals surface area contributed by atoms with Gasteiger partial charge in [-0.1, -0.05) is 0 Å². The number of hydrogen-bond acceptors (Lipinski definition) is 7. The van der Waals surface area contributed by atoms with E-state index in [0.29, 0.717) is 28.2 Å². The summed E-state index contributed by atoms with van der Waals surface area (Å²) in [5.41, 5.74) is 0.607. The van der Waals surface area contributed by atoms with Crippen LogP contribution in [0.15, 0.2) is 36.7 Å². The molecule has 0 spiro atoms. The summed E-state index contributed by atoms with van der Waals surface area (Å²) in [6.45, 7) is 4.71. The minimum Gasteiger partial charge on any atom is -0.494 e. The summed E-state index contributed by atoms with van der Waals surface area (Å²) < 4.78 is 44.0. The molecule has 168 valence electrons. The lowest BCUT2D eigenvalue weighted by Gasteiger charge is -2.35. The summed E-state index contributed by atoms with van der Waals surface area (Å²) in [6, 6.07) is 10.7. The van der Waals surface area contributed by atoms with Crippen molar-refractivity contribution in [3.05, 3.63) is 47.1 Å². The van der Waals surface area contributed by atoms with Gasteiger partial charge in [-0.25, -0.2) is 9.97 Å². The molecule has 3 heterocycles. The highest BCUT2D eigenvalue weighted by Crippen LogP contribution is 2.34. The van der Waals surface area contributed by atoms with Gasteiger partial charge in [0.2, 0.25) is 0 Å². The van der Waals surface area contributed by atoms with Gasteiger partial charge in [0.1, 0.15) is 22.7 Å². The van der Waals surface area contributed by atoms with Gasteiger partial charge in [-0.15, -0.1) is 11.3 Å². The third-order valence-electron chi connectivity index (χ3n) is 5.28. The van der Waals surface area contributed by atoms with E-state index in [2.05, 4.69) is 25.8 Å². The Morgan fingerprint density at radius 1 is 1.09 bits per heavy atom. The van der Waals surface area contributed by atoms with Crippen molar-refractivity contribution in [1.29, 1.82) is 5.26 Å². The van der Waals surface area contributed by atoms with Gasteiger partial charge in [-0.2, -0.15) is 18.4 Å². The number of thiophene rings is 1. The van der Waals surface area contributed by atoms with Crippen molar-refractivity contribution in [2.45, 2.75) is 19.0 Å². The van der Waals surface area contributed by atoms with Gasteiger partial charge in [0.15, 0.2) is 0 Å². The molecule has 1 aromatic carbocycles. The van der Waals surface area contributed by atoms with Crippen LogP contribution >= 0.6 is 11.3 Å². The maximum absolute atomic E-state index is 12.8. The number of benzene rings is 1. The van der Waals surface area contributed by atoms with Gasteiger partial charge in [-0.3, -0.25) is 4.90 Å². The van der Waals surface area contributed by atoms with Crippen molar-refractivity contribution in [3.8, 4) is 11.8 Å². The number of rotatable bonds is 7. The van der Waals surface area contributed by atoms with Gasteiger partial charge in [0, 0.05) is 37.6 Å². The Hall–Kier alpha value is -2.90. The number of fused-ring (bicyclic) bond motifs is 1. The van der Waals surface area contributed by atoms with Crippen LogP contribution in [0.25, 0.3) is 10.2 Å². The van der Waals surface area contributed by atoms with Gasteiger partial charge in [0.05, 0.1) is 30.0 Å². The fraction of sp³-hybridized carbons (Fsp3) is 0.409. The first-order valence-electron chi connectivity index (χ1n) is 10.3. The average molecular weight is 462 g/mol. The molecule has 0 amide bonds. The lowest BCUT2D eigenvalue weighted by Crippen LogP contribution is -2.47. The molecule has 0 bridgehead atoms. The molecule has 1 aliphatic rings. The van der Waals surface area contributed by atoms with E-state index in [1.807, 2.05) is 0 Å². The van der Waals surface area contributed by atoms with E-state index in [4.69, 9.17) is 10.00 Å². The summed E-state index contributed by atoms with van der Waals surface area (Å²) in [5, 5.41) is 9.52. The number of nitriles is 1. The molecular formula is C22H22F3N5OS. The van der Waals surface area contributed by atoms with E-state index in [0.717, 1.165) is 56.2 Å². The average Bonchev–Trinajstić information content (AvgIpc) is 3.18. The molecule has 0 atom stereocenters. The van der Waals surface area contributed by atoms with E-state index in [1.54, 1.807) is 30.3 Å². The lowest BCUT2D eigenvalue weighted by atomic mass is 10.2. The SMILES string of the molecule is N#Cc1ccc(OCCCN2CCN(c3ncnc4sc(CC(F)(F)F)cc34)CC2)cc1. The summed E-state index contributed by atoms with van der Waals surface area (Å²) in [6.07, 6.45) is -2.86. The molecule has 1 fully saturated rings. The Labute approximate surface area is 187 Å². The Kier molecular flexibility index (Phi) is 6.77. The largest absolute Gasteiger partial charge is 0.494 e. The van der Waals surface area contributed by atoms with Crippen LogP contribution in [0.1, 0.15) is 16.9 Å². The number of anilines is 1. The first-order valence-corrected chi connectivity index (χ1v) is 11.1. The second kappa shape index (κ2) is 9.71. The quantitative estimate of drug-likeness (QED) is 0.490. The first kappa shape index (κ1) is 22.3. The van der Waals surface area contributed by atoms with Crippen LogP contribution in [0.4, 0.5) is 19.0 Å². The molecule has 6 nitrogen and oxygen atoms in total. The lowest BCUT2D eigenvalue weighted by molar-refractivity contribution is -0.126. The molecule has 0 aliphatic carbocycles. The first-order chi connectivity index (χ1) is 15.4. The Morgan fingerprint density at radius 3 is 2.53 bits per heavy atom. The van der Waals surface area contributed by atoms with Crippen LogP contribution < -0.4 is 9.64 Å². The molecule has 32 heavy (non-hydrogen) atoms.